The van der Waals surface area contributed by atoms with Gasteiger partial charge in [0, 0.05) is 12.0 Å². The number of benzene rings is 2. The second-order valence-corrected chi connectivity index (χ2v) is 6.09. The Balaban J connectivity index is 1.64. The standard InChI is InChI=1S/C19H19N5O2/c1-2-18-21-22-23-24(18)16-9-5-4-8-15(16)20-19(25)14-11-12-26-17-10-6-3-7-13(14)17/h3-10,14H,2,11-12H2,1H3,(H,20,25)/t14-/m1/s1. The number of para-hydroxylation sites is 3. The Hall–Kier alpha value is -3.22. The van der Waals surface area contributed by atoms with Gasteiger partial charge in [0.2, 0.25) is 5.91 Å². The summed E-state index contributed by atoms with van der Waals surface area (Å²) in [4.78, 5) is 13.0. The Labute approximate surface area is 151 Å². The summed E-state index contributed by atoms with van der Waals surface area (Å²) < 4.78 is 7.32. The van der Waals surface area contributed by atoms with E-state index in [9.17, 15) is 4.79 Å². The molecule has 7 nitrogen and oxygen atoms in total. The van der Waals surface area contributed by atoms with Gasteiger partial charge in [-0.05, 0) is 35.0 Å². The summed E-state index contributed by atoms with van der Waals surface area (Å²) in [5.41, 5.74) is 2.36. The number of hydrogen-bond donors (Lipinski definition) is 1. The number of rotatable bonds is 4. The van der Waals surface area contributed by atoms with E-state index in [1.54, 1.807) is 4.68 Å². The van der Waals surface area contributed by atoms with Crippen LogP contribution in [0.3, 0.4) is 0 Å². The number of tetrazole rings is 1. The molecule has 0 spiro atoms. The van der Waals surface area contributed by atoms with Crippen LogP contribution in [0, 0.1) is 0 Å². The van der Waals surface area contributed by atoms with E-state index in [0.717, 1.165) is 22.8 Å². The van der Waals surface area contributed by atoms with Crippen molar-refractivity contribution in [2.45, 2.75) is 25.7 Å². The van der Waals surface area contributed by atoms with E-state index in [4.69, 9.17) is 4.74 Å². The first-order chi connectivity index (χ1) is 12.8. The Kier molecular flexibility index (Phi) is 4.35. The molecule has 0 unspecified atom stereocenters. The molecule has 1 N–H and O–H groups in total. The molecule has 0 saturated carbocycles. The Morgan fingerprint density at radius 3 is 2.92 bits per heavy atom. The van der Waals surface area contributed by atoms with Gasteiger partial charge in [-0.15, -0.1) is 5.10 Å². The third-order valence-corrected chi connectivity index (χ3v) is 4.52. The predicted octanol–water partition coefficient (Wildman–Crippen LogP) is 2.73. The second kappa shape index (κ2) is 6.95. The van der Waals surface area contributed by atoms with Crippen molar-refractivity contribution < 1.29 is 9.53 Å². The summed E-state index contributed by atoms with van der Waals surface area (Å²) in [5, 5.41) is 14.9. The lowest BCUT2D eigenvalue weighted by Gasteiger charge is -2.25. The van der Waals surface area contributed by atoms with E-state index >= 15 is 0 Å². The first-order valence-corrected chi connectivity index (χ1v) is 8.67. The summed E-state index contributed by atoms with van der Waals surface area (Å²) >= 11 is 0. The number of anilines is 1. The highest BCUT2D eigenvalue weighted by Crippen LogP contribution is 2.34. The van der Waals surface area contributed by atoms with Gasteiger partial charge in [0.05, 0.1) is 23.9 Å². The molecule has 1 aliphatic rings. The number of ether oxygens (including phenoxy) is 1. The lowest BCUT2D eigenvalue weighted by Crippen LogP contribution is -2.27. The summed E-state index contributed by atoms with van der Waals surface area (Å²) in [6.45, 7) is 2.52. The lowest BCUT2D eigenvalue weighted by molar-refractivity contribution is -0.118. The molecule has 1 amide bonds. The van der Waals surface area contributed by atoms with E-state index in [-0.39, 0.29) is 11.8 Å². The topological polar surface area (TPSA) is 81.9 Å². The molecule has 1 aromatic heterocycles. The maximum absolute atomic E-state index is 13.0. The van der Waals surface area contributed by atoms with Crippen LogP contribution in [-0.2, 0) is 11.2 Å². The Morgan fingerprint density at radius 1 is 1.23 bits per heavy atom. The van der Waals surface area contributed by atoms with Crippen molar-refractivity contribution in [2.24, 2.45) is 0 Å². The zero-order valence-electron chi connectivity index (χ0n) is 14.4. The highest BCUT2D eigenvalue weighted by molar-refractivity contribution is 5.98. The maximum Gasteiger partial charge on any atom is 0.232 e. The number of carbonyl (C=O) groups excluding carboxylic acids is 1. The SMILES string of the molecule is CCc1nnnn1-c1ccccc1NC(=O)[C@@H]1CCOc2ccccc21. The van der Waals surface area contributed by atoms with Gasteiger partial charge in [-0.25, -0.2) is 0 Å². The van der Waals surface area contributed by atoms with Crippen LogP contribution in [0.15, 0.2) is 48.5 Å². The van der Waals surface area contributed by atoms with Crippen LogP contribution in [0.1, 0.15) is 30.7 Å². The van der Waals surface area contributed by atoms with Crippen molar-refractivity contribution in [3.8, 4) is 11.4 Å². The van der Waals surface area contributed by atoms with Crippen molar-refractivity contribution in [1.82, 2.24) is 20.2 Å². The van der Waals surface area contributed by atoms with Crippen LogP contribution in [0.25, 0.3) is 5.69 Å². The van der Waals surface area contributed by atoms with E-state index in [1.165, 1.54) is 0 Å². The highest BCUT2D eigenvalue weighted by atomic mass is 16.5. The first-order valence-electron chi connectivity index (χ1n) is 8.67. The zero-order valence-corrected chi connectivity index (χ0v) is 14.4. The minimum atomic E-state index is -0.243. The minimum absolute atomic E-state index is 0.0562. The van der Waals surface area contributed by atoms with E-state index in [2.05, 4.69) is 20.8 Å². The third-order valence-electron chi connectivity index (χ3n) is 4.52. The van der Waals surface area contributed by atoms with Crippen LogP contribution in [0.4, 0.5) is 5.69 Å². The molecule has 26 heavy (non-hydrogen) atoms. The lowest BCUT2D eigenvalue weighted by atomic mass is 9.92. The van der Waals surface area contributed by atoms with E-state index in [0.29, 0.717) is 25.1 Å². The molecule has 2 heterocycles. The second-order valence-electron chi connectivity index (χ2n) is 6.09. The molecule has 4 rings (SSSR count). The number of nitrogens with one attached hydrogen (secondary N) is 1. The van der Waals surface area contributed by atoms with Gasteiger partial charge in [0.15, 0.2) is 5.82 Å². The third kappa shape index (κ3) is 2.92. The monoisotopic (exact) mass is 349 g/mol. The van der Waals surface area contributed by atoms with Crippen molar-refractivity contribution in [3.63, 3.8) is 0 Å². The fraction of sp³-hybridized carbons (Fsp3) is 0.263. The van der Waals surface area contributed by atoms with Gasteiger partial charge >= 0.3 is 0 Å². The van der Waals surface area contributed by atoms with Crippen LogP contribution >= 0.6 is 0 Å². The van der Waals surface area contributed by atoms with Gasteiger partial charge in [-0.3, -0.25) is 4.79 Å². The van der Waals surface area contributed by atoms with Crippen LogP contribution in [-0.4, -0.2) is 32.7 Å². The quantitative estimate of drug-likeness (QED) is 0.783. The summed E-state index contributed by atoms with van der Waals surface area (Å²) in [7, 11) is 0. The molecule has 0 radical (unpaired) electrons. The molecule has 0 fully saturated rings. The number of fused-ring (bicyclic) bond motifs is 1. The average Bonchev–Trinajstić information content (AvgIpc) is 3.16. The molecule has 0 saturated heterocycles. The zero-order chi connectivity index (χ0) is 17.9. The first kappa shape index (κ1) is 16.3. The van der Waals surface area contributed by atoms with Crippen molar-refractivity contribution >= 4 is 11.6 Å². The van der Waals surface area contributed by atoms with E-state index in [1.807, 2.05) is 55.5 Å². The predicted molar refractivity (Wildman–Crippen MR) is 96.5 cm³/mol. The van der Waals surface area contributed by atoms with Crippen molar-refractivity contribution in [1.29, 1.82) is 0 Å². The van der Waals surface area contributed by atoms with Crippen molar-refractivity contribution in [3.05, 3.63) is 59.9 Å². The Morgan fingerprint density at radius 2 is 2.04 bits per heavy atom. The van der Waals surface area contributed by atoms with Crippen LogP contribution in [0.5, 0.6) is 5.75 Å². The fourth-order valence-electron chi connectivity index (χ4n) is 3.21. The minimum Gasteiger partial charge on any atom is -0.493 e. The molecule has 7 heteroatoms. The Bertz CT molecular complexity index is 937. The van der Waals surface area contributed by atoms with Gasteiger partial charge in [-0.2, -0.15) is 4.68 Å². The number of amides is 1. The number of nitrogens with zero attached hydrogens (tertiary/aromatic N) is 4. The molecule has 0 aliphatic carbocycles. The number of aromatic nitrogens is 4. The van der Waals surface area contributed by atoms with E-state index < -0.39 is 0 Å². The fourth-order valence-corrected chi connectivity index (χ4v) is 3.21. The smallest absolute Gasteiger partial charge is 0.232 e. The molecule has 2 aromatic carbocycles. The molecule has 132 valence electrons. The largest absolute Gasteiger partial charge is 0.493 e. The van der Waals surface area contributed by atoms with Crippen molar-refractivity contribution in [2.75, 3.05) is 11.9 Å². The van der Waals surface area contributed by atoms with Gasteiger partial charge in [-0.1, -0.05) is 37.3 Å². The van der Waals surface area contributed by atoms with Crippen LogP contribution < -0.4 is 10.1 Å². The normalized spacial score (nSPS) is 15.8. The highest BCUT2D eigenvalue weighted by Gasteiger charge is 2.28. The summed E-state index contributed by atoms with van der Waals surface area (Å²) in [5.74, 6) is 1.22. The molecule has 3 aromatic rings. The summed E-state index contributed by atoms with van der Waals surface area (Å²) in [6.07, 6.45) is 1.35. The summed E-state index contributed by atoms with van der Waals surface area (Å²) in [6, 6.07) is 15.2. The van der Waals surface area contributed by atoms with Gasteiger partial charge < -0.3 is 10.1 Å². The maximum atomic E-state index is 13.0. The molecule has 1 atom stereocenters. The number of hydrogen-bond acceptors (Lipinski definition) is 5. The number of aryl methyl sites for hydroxylation is 1. The average molecular weight is 349 g/mol. The molecule has 0 bridgehead atoms. The molecular weight excluding hydrogens is 330 g/mol. The van der Waals surface area contributed by atoms with Crippen LogP contribution in [0.2, 0.25) is 0 Å². The molecule has 1 aliphatic heterocycles. The molecular formula is C19H19N5O2. The van der Waals surface area contributed by atoms with Gasteiger partial charge in [0.25, 0.3) is 0 Å². The number of carbonyl (C=O) groups is 1. The van der Waals surface area contributed by atoms with Gasteiger partial charge in [0.1, 0.15) is 5.75 Å².